The predicted molar refractivity (Wildman–Crippen MR) is 107 cm³/mol. The van der Waals surface area contributed by atoms with Crippen LogP contribution in [0.1, 0.15) is 70.4 Å². The van der Waals surface area contributed by atoms with Gasteiger partial charge in [0.25, 0.3) is 0 Å². The average Bonchev–Trinajstić information content (AvgIpc) is 2.60. The highest BCUT2D eigenvalue weighted by Crippen LogP contribution is 2.49. The Bertz CT molecular complexity index is 648. The summed E-state index contributed by atoms with van der Waals surface area (Å²) < 4.78 is 29.4. The maximum atomic E-state index is 15.0. The molecule has 4 heteroatoms. The van der Waals surface area contributed by atoms with Crippen molar-refractivity contribution in [1.29, 1.82) is 0 Å². The third-order valence-corrected chi connectivity index (χ3v) is 5.24. The van der Waals surface area contributed by atoms with Gasteiger partial charge in [-0.15, -0.1) is 0 Å². The number of hydrogen-bond acceptors (Lipinski definition) is 1. The molecule has 1 amide bonds. The van der Waals surface area contributed by atoms with E-state index >= 15 is 4.39 Å². The van der Waals surface area contributed by atoms with Crippen LogP contribution in [0, 0.1) is 17.7 Å². The monoisotopic (exact) mass is 377 g/mol. The average molecular weight is 378 g/mol. The number of carbonyl (C=O) groups is 1. The van der Waals surface area contributed by atoms with Crippen molar-refractivity contribution in [1.82, 2.24) is 5.32 Å². The zero-order valence-electron chi connectivity index (χ0n) is 16.9. The van der Waals surface area contributed by atoms with Crippen LogP contribution in [0.25, 0.3) is 0 Å². The van der Waals surface area contributed by atoms with E-state index in [0.717, 1.165) is 12.8 Å². The Morgan fingerprint density at radius 3 is 2.67 bits per heavy atom. The lowest BCUT2D eigenvalue weighted by Gasteiger charge is -2.41. The van der Waals surface area contributed by atoms with Gasteiger partial charge in [-0.2, -0.15) is 0 Å². The molecule has 0 radical (unpaired) electrons. The van der Waals surface area contributed by atoms with Crippen molar-refractivity contribution in [2.75, 3.05) is 6.54 Å². The Hall–Kier alpha value is -1.71. The number of carbonyl (C=O) groups excluding carboxylic acids is 1. The van der Waals surface area contributed by atoms with Crippen molar-refractivity contribution in [3.63, 3.8) is 0 Å². The minimum Gasteiger partial charge on any atom is -0.356 e. The predicted octanol–water partition coefficient (Wildman–Crippen LogP) is 5.85. The van der Waals surface area contributed by atoms with Gasteiger partial charge in [-0.3, -0.25) is 4.79 Å². The third kappa shape index (κ3) is 6.15. The summed E-state index contributed by atoms with van der Waals surface area (Å²) in [6, 6.07) is 4.66. The Morgan fingerprint density at radius 1 is 1.30 bits per heavy atom. The number of alkyl halides is 1. The highest BCUT2D eigenvalue weighted by molar-refractivity contribution is 5.80. The lowest BCUT2D eigenvalue weighted by atomic mass is 9.68. The van der Waals surface area contributed by atoms with E-state index in [4.69, 9.17) is 0 Å². The van der Waals surface area contributed by atoms with E-state index in [2.05, 4.69) is 18.3 Å². The summed E-state index contributed by atoms with van der Waals surface area (Å²) in [7, 11) is 0. The van der Waals surface area contributed by atoms with Crippen LogP contribution in [0.4, 0.5) is 8.78 Å². The Balaban J connectivity index is 1.87. The van der Waals surface area contributed by atoms with E-state index in [0.29, 0.717) is 30.0 Å². The van der Waals surface area contributed by atoms with E-state index in [9.17, 15) is 9.18 Å². The summed E-state index contributed by atoms with van der Waals surface area (Å²) in [5.41, 5.74) is -0.655. The summed E-state index contributed by atoms with van der Waals surface area (Å²) in [5, 5.41) is 2.85. The molecule has 27 heavy (non-hydrogen) atoms. The van der Waals surface area contributed by atoms with Crippen LogP contribution in [-0.2, 0) is 16.9 Å². The minimum atomic E-state index is -1.59. The molecule has 0 bridgehead atoms. The number of benzene rings is 1. The summed E-state index contributed by atoms with van der Waals surface area (Å²) in [6.07, 6.45) is 9.44. The SMILES string of the molecule is CCCCC/C=C\Cc1ccc(C2(F)CC(C(=O)NCC(C)C)C2)cc1F. The van der Waals surface area contributed by atoms with Crippen molar-refractivity contribution in [3.8, 4) is 0 Å². The molecule has 0 aromatic heterocycles. The molecule has 0 unspecified atom stereocenters. The number of unbranched alkanes of at least 4 members (excludes halogenated alkanes) is 3. The minimum absolute atomic E-state index is 0.0951. The number of nitrogens with one attached hydrogen (secondary N) is 1. The topological polar surface area (TPSA) is 29.1 Å². The van der Waals surface area contributed by atoms with Crippen molar-refractivity contribution >= 4 is 5.91 Å². The molecule has 2 rings (SSSR count). The molecule has 1 saturated carbocycles. The summed E-state index contributed by atoms with van der Waals surface area (Å²) in [5.74, 6) is -0.410. The Morgan fingerprint density at radius 2 is 2.04 bits per heavy atom. The molecule has 0 atom stereocenters. The number of halogens is 2. The number of allylic oxidation sites excluding steroid dienone is 2. The summed E-state index contributed by atoms with van der Waals surface area (Å²) >= 11 is 0. The van der Waals surface area contributed by atoms with Gasteiger partial charge in [0.1, 0.15) is 11.5 Å². The standard InChI is InChI=1S/C23H33F2NO/c1-4-5-6-7-8-9-10-18-11-12-20(13-21(18)24)23(25)14-19(15-23)22(27)26-16-17(2)3/h8-9,11-13,17,19H,4-7,10,14-16H2,1-3H3,(H,26,27)/b9-8-. The lowest BCUT2D eigenvalue weighted by Crippen LogP contribution is -2.46. The zero-order chi connectivity index (χ0) is 19.9. The van der Waals surface area contributed by atoms with Crippen LogP contribution in [0.5, 0.6) is 0 Å². The van der Waals surface area contributed by atoms with Crippen LogP contribution >= 0.6 is 0 Å². The van der Waals surface area contributed by atoms with Gasteiger partial charge in [0.15, 0.2) is 0 Å². The largest absolute Gasteiger partial charge is 0.356 e. The van der Waals surface area contributed by atoms with Gasteiger partial charge < -0.3 is 5.32 Å². The van der Waals surface area contributed by atoms with E-state index in [-0.39, 0.29) is 30.5 Å². The fourth-order valence-corrected chi connectivity index (χ4v) is 3.42. The van der Waals surface area contributed by atoms with E-state index in [1.807, 2.05) is 19.9 Å². The molecule has 1 N–H and O–H groups in total. The molecule has 1 aliphatic rings. The first kappa shape index (κ1) is 21.6. The first-order valence-electron chi connectivity index (χ1n) is 10.3. The quantitative estimate of drug-likeness (QED) is 0.402. The highest BCUT2D eigenvalue weighted by Gasteiger charge is 2.49. The molecule has 1 aliphatic carbocycles. The van der Waals surface area contributed by atoms with Crippen LogP contribution in [-0.4, -0.2) is 12.5 Å². The molecule has 150 valence electrons. The molecular formula is C23H33F2NO. The van der Waals surface area contributed by atoms with Crippen molar-refractivity contribution < 1.29 is 13.6 Å². The van der Waals surface area contributed by atoms with Crippen molar-refractivity contribution in [3.05, 3.63) is 47.3 Å². The van der Waals surface area contributed by atoms with Crippen molar-refractivity contribution in [2.45, 2.75) is 71.4 Å². The van der Waals surface area contributed by atoms with Gasteiger partial charge in [0.2, 0.25) is 5.91 Å². The van der Waals surface area contributed by atoms with E-state index < -0.39 is 5.67 Å². The van der Waals surface area contributed by atoms with E-state index in [1.165, 1.54) is 18.9 Å². The fraction of sp³-hybridized carbons (Fsp3) is 0.609. The third-order valence-electron chi connectivity index (χ3n) is 5.24. The van der Waals surface area contributed by atoms with Crippen LogP contribution in [0.2, 0.25) is 0 Å². The van der Waals surface area contributed by atoms with Crippen LogP contribution in [0.15, 0.2) is 30.4 Å². The van der Waals surface area contributed by atoms with Crippen LogP contribution < -0.4 is 5.32 Å². The summed E-state index contributed by atoms with van der Waals surface area (Å²) in [6.45, 7) is 6.81. The Labute approximate surface area is 162 Å². The molecule has 2 nitrogen and oxygen atoms in total. The van der Waals surface area contributed by atoms with Gasteiger partial charge >= 0.3 is 0 Å². The second-order valence-electron chi connectivity index (χ2n) is 8.19. The van der Waals surface area contributed by atoms with Gasteiger partial charge in [-0.25, -0.2) is 8.78 Å². The van der Waals surface area contributed by atoms with Gasteiger partial charge in [0.05, 0.1) is 0 Å². The maximum Gasteiger partial charge on any atom is 0.223 e. The highest BCUT2D eigenvalue weighted by atomic mass is 19.1. The second-order valence-corrected chi connectivity index (χ2v) is 8.19. The second kappa shape index (κ2) is 10.0. The molecule has 1 aromatic rings. The molecule has 0 saturated heterocycles. The zero-order valence-corrected chi connectivity index (χ0v) is 16.9. The number of hydrogen-bond donors (Lipinski definition) is 1. The molecule has 0 spiro atoms. The first-order valence-corrected chi connectivity index (χ1v) is 10.3. The first-order chi connectivity index (χ1) is 12.9. The lowest BCUT2D eigenvalue weighted by molar-refractivity contribution is -0.134. The number of amides is 1. The maximum absolute atomic E-state index is 15.0. The molecule has 1 aromatic carbocycles. The van der Waals surface area contributed by atoms with Crippen LogP contribution in [0.3, 0.4) is 0 Å². The van der Waals surface area contributed by atoms with Crippen molar-refractivity contribution in [2.24, 2.45) is 11.8 Å². The summed E-state index contributed by atoms with van der Waals surface area (Å²) in [4.78, 5) is 12.0. The van der Waals surface area contributed by atoms with E-state index in [1.54, 1.807) is 12.1 Å². The Kier molecular flexibility index (Phi) is 8.00. The molecule has 1 fully saturated rings. The smallest absolute Gasteiger partial charge is 0.223 e. The fourth-order valence-electron chi connectivity index (χ4n) is 3.42. The van der Waals surface area contributed by atoms with Gasteiger partial charge in [-0.05, 0) is 55.2 Å². The normalized spacial score (nSPS) is 22.2. The van der Waals surface area contributed by atoms with Gasteiger partial charge in [-0.1, -0.05) is 57.9 Å². The molecule has 0 heterocycles. The molecule has 0 aliphatic heterocycles. The number of rotatable bonds is 10. The van der Waals surface area contributed by atoms with Gasteiger partial charge in [0, 0.05) is 12.5 Å². The molecular weight excluding hydrogens is 344 g/mol.